The summed E-state index contributed by atoms with van der Waals surface area (Å²) in [5.74, 6) is 1.81. The number of aromatic hydroxyl groups is 1. The molecular weight excluding hydrogens is 362 g/mol. The van der Waals surface area contributed by atoms with E-state index < -0.39 is 0 Å². The molecule has 7 nitrogen and oxygen atoms in total. The first kappa shape index (κ1) is 19.7. The molecule has 2 aromatic carbocycles. The van der Waals surface area contributed by atoms with E-state index in [0.29, 0.717) is 35.8 Å². The number of hydrogen-bond acceptors (Lipinski definition) is 6. The molecule has 3 rings (SSSR count). The van der Waals surface area contributed by atoms with Crippen LogP contribution in [0.5, 0.6) is 28.7 Å². The van der Waals surface area contributed by atoms with Gasteiger partial charge < -0.3 is 29.4 Å². The number of amides is 1. The zero-order valence-electron chi connectivity index (χ0n) is 16.7. The molecule has 1 atom stereocenters. The molecule has 7 heteroatoms. The maximum atomic E-state index is 11.8. The summed E-state index contributed by atoms with van der Waals surface area (Å²) >= 11 is 0. The summed E-state index contributed by atoms with van der Waals surface area (Å²) in [6.07, 6.45) is 1.33. The van der Waals surface area contributed by atoms with E-state index in [1.54, 1.807) is 33.5 Å². The number of ether oxygens (including phenoxy) is 4. The third kappa shape index (κ3) is 3.28. The van der Waals surface area contributed by atoms with E-state index in [4.69, 9.17) is 18.9 Å². The molecule has 0 saturated carbocycles. The first-order valence-electron chi connectivity index (χ1n) is 8.95. The van der Waals surface area contributed by atoms with Gasteiger partial charge in [0.15, 0.2) is 23.0 Å². The van der Waals surface area contributed by atoms with Crippen LogP contribution in [0.2, 0.25) is 0 Å². The van der Waals surface area contributed by atoms with Gasteiger partial charge in [0.05, 0.1) is 34.5 Å². The molecule has 0 fully saturated rings. The van der Waals surface area contributed by atoms with Crippen molar-refractivity contribution < 1.29 is 28.8 Å². The lowest BCUT2D eigenvalue weighted by atomic mass is 9.93. The van der Waals surface area contributed by atoms with Crippen LogP contribution < -0.4 is 24.3 Å². The predicted octanol–water partition coefficient (Wildman–Crippen LogP) is 3.22. The summed E-state index contributed by atoms with van der Waals surface area (Å²) in [5.41, 5.74) is 3.43. The SMILES string of the molecule is COc1cc2c(cc1O)C(NC(C)=O)CCc1cc(OC)c(OC)c(OC)c1-2. The van der Waals surface area contributed by atoms with Gasteiger partial charge >= 0.3 is 0 Å². The Morgan fingerprint density at radius 2 is 1.68 bits per heavy atom. The van der Waals surface area contributed by atoms with Crippen molar-refractivity contribution in [2.45, 2.75) is 25.8 Å². The number of phenolic OH excluding ortho intramolecular Hbond substituents is 1. The number of hydrogen-bond donors (Lipinski definition) is 2. The van der Waals surface area contributed by atoms with E-state index in [9.17, 15) is 9.90 Å². The van der Waals surface area contributed by atoms with Crippen LogP contribution in [0.3, 0.4) is 0 Å². The highest BCUT2D eigenvalue weighted by molar-refractivity contribution is 5.85. The van der Waals surface area contributed by atoms with E-state index in [1.807, 2.05) is 6.07 Å². The Labute approximate surface area is 164 Å². The molecule has 1 aliphatic carbocycles. The average molecular weight is 387 g/mol. The molecule has 0 aromatic heterocycles. The molecule has 2 aromatic rings. The van der Waals surface area contributed by atoms with Gasteiger partial charge in [-0.1, -0.05) is 0 Å². The van der Waals surface area contributed by atoms with Crippen LogP contribution in [0.4, 0.5) is 0 Å². The highest BCUT2D eigenvalue weighted by Crippen LogP contribution is 2.52. The summed E-state index contributed by atoms with van der Waals surface area (Å²) in [7, 11) is 6.21. The minimum Gasteiger partial charge on any atom is -0.504 e. The summed E-state index contributed by atoms with van der Waals surface area (Å²) in [6.45, 7) is 1.48. The zero-order chi connectivity index (χ0) is 20.4. The number of nitrogens with one attached hydrogen (secondary N) is 1. The lowest BCUT2D eigenvalue weighted by Gasteiger charge is -2.22. The smallest absolute Gasteiger partial charge is 0.217 e. The number of phenols is 1. The summed E-state index contributed by atoms with van der Waals surface area (Å²) in [4.78, 5) is 11.8. The zero-order valence-corrected chi connectivity index (χ0v) is 16.7. The van der Waals surface area contributed by atoms with E-state index in [0.717, 1.165) is 22.3 Å². The Balaban J connectivity index is 2.36. The minimum absolute atomic E-state index is 0.0134. The normalized spacial score (nSPS) is 15.0. The maximum Gasteiger partial charge on any atom is 0.217 e. The van der Waals surface area contributed by atoms with Crippen LogP contribution in [-0.2, 0) is 11.2 Å². The molecule has 1 aliphatic rings. The molecule has 0 radical (unpaired) electrons. The van der Waals surface area contributed by atoms with Crippen LogP contribution in [0, 0.1) is 0 Å². The molecule has 28 heavy (non-hydrogen) atoms. The second-order valence-electron chi connectivity index (χ2n) is 6.58. The fourth-order valence-electron chi connectivity index (χ4n) is 3.80. The number of fused-ring (bicyclic) bond motifs is 3. The van der Waals surface area contributed by atoms with Crippen LogP contribution >= 0.6 is 0 Å². The molecule has 0 saturated heterocycles. The number of methoxy groups -OCH3 is 4. The quantitative estimate of drug-likeness (QED) is 0.819. The Morgan fingerprint density at radius 1 is 1.00 bits per heavy atom. The van der Waals surface area contributed by atoms with Gasteiger partial charge in [-0.3, -0.25) is 4.79 Å². The van der Waals surface area contributed by atoms with Crippen molar-refractivity contribution in [1.82, 2.24) is 5.32 Å². The number of carbonyl (C=O) groups is 1. The van der Waals surface area contributed by atoms with E-state index in [1.165, 1.54) is 14.0 Å². The first-order valence-corrected chi connectivity index (χ1v) is 8.95. The van der Waals surface area contributed by atoms with Gasteiger partial charge in [0.25, 0.3) is 0 Å². The van der Waals surface area contributed by atoms with Gasteiger partial charge in [-0.2, -0.15) is 0 Å². The molecular formula is C21H25NO6. The summed E-state index contributed by atoms with van der Waals surface area (Å²) < 4.78 is 22.1. The number of rotatable bonds is 5. The highest BCUT2D eigenvalue weighted by atomic mass is 16.5. The Bertz CT molecular complexity index is 908. The van der Waals surface area contributed by atoms with Crippen molar-refractivity contribution in [3.8, 4) is 39.9 Å². The standard InChI is InChI=1S/C21H25NO6/c1-11(23)22-15-7-6-12-8-18(26-3)20(27-4)21(28-5)19(12)14-10-17(25-2)16(24)9-13(14)15/h8-10,15,24H,6-7H2,1-5H3,(H,22,23). The van der Waals surface area contributed by atoms with E-state index in [2.05, 4.69) is 5.32 Å². The van der Waals surface area contributed by atoms with Crippen LogP contribution in [0.25, 0.3) is 11.1 Å². The van der Waals surface area contributed by atoms with Gasteiger partial charge in [0.2, 0.25) is 11.7 Å². The van der Waals surface area contributed by atoms with Crippen LogP contribution in [-0.4, -0.2) is 39.5 Å². The molecule has 0 spiro atoms. The Hall–Kier alpha value is -3.09. The van der Waals surface area contributed by atoms with Crippen molar-refractivity contribution >= 4 is 5.91 Å². The first-order chi connectivity index (χ1) is 13.4. The van der Waals surface area contributed by atoms with Crippen molar-refractivity contribution in [1.29, 1.82) is 0 Å². The van der Waals surface area contributed by atoms with Gasteiger partial charge in [-0.05, 0) is 47.7 Å². The molecule has 0 heterocycles. The molecule has 1 amide bonds. The van der Waals surface area contributed by atoms with E-state index in [-0.39, 0.29) is 17.7 Å². The predicted molar refractivity (Wildman–Crippen MR) is 105 cm³/mol. The van der Waals surface area contributed by atoms with Crippen molar-refractivity contribution in [3.05, 3.63) is 29.3 Å². The van der Waals surface area contributed by atoms with Gasteiger partial charge in [0.1, 0.15) is 0 Å². The maximum absolute atomic E-state index is 11.8. The van der Waals surface area contributed by atoms with E-state index >= 15 is 0 Å². The van der Waals surface area contributed by atoms with Crippen LogP contribution in [0.15, 0.2) is 18.2 Å². The van der Waals surface area contributed by atoms with Gasteiger partial charge in [-0.15, -0.1) is 0 Å². The molecule has 1 unspecified atom stereocenters. The number of aryl methyl sites for hydroxylation is 1. The van der Waals surface area contributed by atoms with Crippen LogP contribution in [0.1, 0.15) is 30.5 Å². The van der Waals surface area contributed by atoms with Crippen molar-refractivity contribution in [2.24, 2.45) is 0 Å². The third-order valence-electron chi connectivity index (χ3n) is 4.99. The number of benzene rings is 2. The van der Waals surface area contributed by atoms with Gasteiger partial charge in [0, 0.05) is 12.5 Å². The van der Waals surface area contributed by atoms with Gasteiger partial charge in [-0.25, -0.2) is 0 Å². The third-order valence-corrected chi connectivity index (χ3v) is 4.99. The summed E-state index contributed by atoms with van der Waals surface area (Å²) in [6, 6.07) is 5.06. The van der Waals surface area contributed by atoms with Crippen molar-refractivity contribution in [2.75, 3.05) is 28.4 Å². The Kier molecular flexibility index (Phi) is 5.53. The van der Waals surface area contributed by atoms with Crippen molar-refractivity contribution in [3.63, 3.8) is 0 Å². The average Bonchev–Trinajstić information content (AvgIpc) is 2.82. The molecule has 0 aliphatic heterocycles. The molecule has 150 valence electrons. The lowest BCUT2D eigenvalue weighted by molar-refractivity contribution is -0.119. The fourth-order valence-corrected chi connectivity index (χ4v) is 3.80. The molecule has 0 bridgehead atoms. The fraction of sp³-hybridized carbons (Fsp3) is 0.381. The molecule has 2 N–H and O–H groups in total. The highest BCUT2D eigenvalue weighted by Gasteiger charge is 2.30. The second kappa shape index (κ2) is 7.88. The second-order valence-corrected chi connectivity index (χ2v) is 6.58. The lowest BCUT2D eigenvalue weighted by Crippen LogP contribution is -2.26. The number of carbonyl (C=O) groups excluding carboxylic acids is 1. The largest absolute Gasteiger partial charge is 0.504 e. The minimum atomic E-state index is -0.265. The monoisotopic (exact) mass is 387 g/mol. The summed E-state index contributed by atoms with van der Waals surface area (Å²) in [5, 5.41) is 13.3. The topological polar surface area (TPSA) is 86.3 Å². The Morgan fingerprint density at radius 3 is 2.25 bits per heavy atom.